The highest BCUT2D eigenvalue weighted by Gasteiger charge is 2.26. The van der Waals surface area contributed by atoms with Crippen molar-refractivity contribution in [1.82, 2.24) is 15.5 Å². The summed E-state index contributed by atoms with van der Waals surface area (Å²) in [7, 11) is 0. The second kappa shape index (κ2) is 5.83. The normalized spacial score (nSPS) is 14.0. The fourth-order valence-corrected chi connectivity index (χ4v) is 1.25. The molecule has 1 unspecified atom stereocenters. The number of nitrogens with one attached hydrogen (secondary N) is 1. The van der Waals surface area contributed by atoms with Gasteiger partial charge in [0.1, 0.15) is 0 Å². The van der Waals surface area contributed by atoms with Crippen LogP contribution in [0.5, 0.6) is 0 Å². The molecule has 0 spiro atoms. The zero-order chi connectivity index (χ0) is 12.0. The Hall–Kier alpha value is -1.11. The lowest BCUT2D eigenvalue weighted by Gasteiger charge is -2.12. The molecule has 92 valence electrons. The summed E-state index contributed by atoms with van der Waals surface area (Å²) >= 11 is 0. The first-order chi connectivity index (χ1) is 7.47. The molecule has 0 saturated carbocycles. The van der Waals surface area contributed by atoms with Gasteiger partial charge in [-0.1, -0.05) is 5.16 Å². The van der Waals surface area contributed by atoms with E-state index in [4.69, 9.17) is 0 Å². The first-order valence-electron chi connectivity index (χ1n) is 5.03. The van der Waals surface area contributed by atoms with Crippen molar-refractivity contribution in [3.63, 3.8) is 0 Å². The Bertz CT molecular complexity index is 287. The third-order valence-electron chi connectivity index (χ3n) is 2.11. The average molecular weight is 237 g/mol. The van der Waals surface area contributed by atoms with Crippen molar-refractivity contribution in [3.05, 3.63) is 12.2 Å². The Morgan fingerprint density at radius 1 is 1.50 bits per heavy atom. The highest BCUT2D eigenvalue weighted by Crippen LogP contribution is 2.22. The van der Waals surface area contributed by atoms with Crippen molar-refractivity contribution >= 4 is 0 Å². The van der Waals surface area contributed by atoms with Crippen LogP contribution in [0.25, 0.3) is 0 Å². The molecule has 7 heteroatoms. The second-order valence-electron chi connectivity index (χ2n) is 3.64. The Morgan fingerprint density at radius 3 is 2.81 bits per heavy atom. The minimum atomic E-state index is -4.06. The number of aromatic nitrogens is 2. The van der Waals surface area contributed by atoms with Crippen LogP contribution >= 0.6 is 0 Å². The van der Waals surface area contributed by atoms with Gasteiger partial charge in [-0.2, -0.15) is 18.2 Å². The third kappa shape index (κ3) is 5.69. The van der Waals surface area contributed by atoms with Gasteiger partial charge in [0.2, 0.25) is 6.39 Å². The molecule has 0 fully saturated rings. The van der Waals surface area contributed by atoms with Gasteiger partial charge in [-0.15, -0.1) is 0 Å². The number of hydrogen-bond donors (Lipinski definition) is 1. The van der Waals surface area contributed by atoms with Gasteiger partial charge in [0.05, 0.1) is 6.54 Å². The molecular formula is C9H14F3N3O. The molecule has 1 atom stereocenters. The summed E-state index contributed by atoms with van der Waals surface area (Å²) in [5.41, 5.74) is 0. The van der Waals surface area contributed by atoms with Gasteiger partial charge in [0, 0.05) is 12.5 Å². The standard InChI is InChI=1S/C9H14F3N3O/c1-7(3-2-4-9(10,11)12)13-5-8-14-6-16-15-8/h6-7,13H,2-5H2,1H3. The molecule has 1 N–H and O–H groups in total. The van der Waals surface area contributed by atoms with Gasteiger partial charge in [-0.3, -0.25) is 0 Å². The van der Waals surface area contributed by atoms with E-state index < -0.39 is 12.6 Å². The van der Waals surface area contributed by atoms with Gasteiger partial charge in [-0.25, -0.2) is 0 Å². The maximum absolute atomic E-state index is 11.9. The second-order valence-corrected chi connectivity index (χ2v) is 3.64. The minimum Gasteiger partial charge on any atom is -0.343 e. The summed E-state index contributed by atoms with van der Waals surface area (Å²) in [6.45, 7) is 2.24. The van der Waals surface area contributed by atoms with Crippen LogP contribution < -0.4 is 5.32 Å². The molecule has 16 heavy (non-hydrogen) atoms. The SMILES string of the molecule is CC(CCCC(F)(F)F)NCc1ncon1. The number of hydrogen-bond acceptors (Lipinski definition) is 4. The van der Waals surface area contributed by atoms with E-state index in [1.165, 1.54) is 6.39 Å². The lowest BCUT2D eigenvalue weighted by atomic mass is 10.1. The molecule has 0 aliphatic carbocycles. The molecule has 0 saturated heterocycles. The van der Waals surface area contributed by atoms with Crippen LogP contribution in [-0.4, -0.2) is 22.4 Å². The molecule has 0 bridgehead atoms. The van der Waals surface area contributed by atoms with Crippen LogP contribution in [0.15, 0.2) is 10.9 Å². The lowest BCUT2D eigenvalue weighted by molar-refractivity contribution is -0.135. The molecule has 1 rings (SSSR count). The number of nitrogens with zero attached hydrogens (tertiary/aromatic N) is 2. The summed E-state index contributed by atoms with van der Waals surface area (Å²) in [5.74, 6) is 0.502. The minimum absolute atomic E-state index is 0.000787. The van der Waals surface area contributed by atoms with Crippen molar-refractivity contribution in [2.45, 2.75) is 44.9 Å². The molecule has 0 aliphatic heterocycles. The summed E-state index contributed by atoms with van der Waals surface area (Å²) in [4.78, 5) is 3.79. The van der Waals surface area contributed by atoms with Gasteiger partial charge in [0.15, 0.2) is 5.82 Å². The molecule has 1 aromatic rings. The summed E-state index contributed by atoms with van der Waals surface area (Å²) in [6, 6.07) is 0.000787. The summed E-state index contributed by atoms with van der Waals surface area (Å²) in [5, 5.41) is 6.60. The average Bonchev–Trinajstić information content (AvgIpc) is 2.65. The number of alkyl halides is 3. The van der Waals surface area contributed by atoms with Crippen molar-refractivity contribution in [1.29, 1.82) is 0 Å². The zero-order valence-corrected chi connectivity index (χ0v) is 8.92. The van der Waals surface area contributed by atoms with E-state index in [9.17, 15) is 13.2 Å². The predicted molar refractivity (Wildman–Crippen MR) is 50.5 cm³/mol. The first kappa shape index (κ1) is 13.0. The van der Waals surface area contributed by atoms with Gasteiger partial charge < -0.3 is 9.84 Å². The molecule has 0 aliphatic rings. The zero-order valence-electron chi connectivity index (χ0n) is 8.92. The first-order valence-corrected chi connectivity index (χ1v) is 5.03. The van der Waals surface area contributed by atoms with E-state index >= 15 is 0 Å². The van der Waals surface area contributed by atoms with Crippen LogP contribution in [0.4, 0.5) is 13.2 Å². The Kier molecular flexibility index (Phi) is 4.72. The smallest absolute Gasteiger partial charge is 0.343 e. The number of rotatable bonds is 6. The Balaban J connectivity index is 2.09. The third-order valence-corrected chi connectivity index (χ3v) is 2.11. The lowest BCUT2D eigenvalue weighted by Crippen LogP contribution is -2.26. The quantitative estimate of drug-likeness (QED) is 0.824. The van der Waals surface area contributed by atoms with E-state index in [-0.39, 0.29) is 12.5 Å². The topological polar surface area (TPSA) is 51.0 Å². The van der Waals surface area contributed by atoms with Gasteiger partial charge >= 0.3 is 6.18 Å². The summed E-state index contributed by atoms with van der Waals surface area (Å²) < 4.78 is 40.1. The summed E-state index contributed by atoms with van der Waals surface area (Å²) in [6.07, 6.45) is -2.98. The molecule has 0 radical (unpaired) electrons. The highest BCUT2D eigenvalue weighted by molar-refractivity contribution is 4.77. The van der Waals surface area contributed by atoms with E-state index in [0.717, 1.165) is 0 Å². The van der Waals surface area contributed by atoms with E-state index in [1.54, 1.807) is 0 Å². The van der Waals surface area contributed by atoms with Crippen molar-refractivity contribution in [3.8, 4) is 0 Å². The van der Waals surface area contributed by atoms with Crippen molar-refractivity contribution in [2.24, 2.45) is 0 Å². The molecule has 0 aromatic carbocycles. The van der Waals surface area contributed by atoms with E-state index in [1.807, 2.05) is 6.92 Å². The van der Waals surface area contributed by atoms with Crippen LogP contribution in [0.1, 0.15) is 32.0 Å². The highest BCUT2D eigenvalue weighted by atomic mass is 19.4. The van der Waals surface area contributed by atoms with Crippen LogP contribution in [0.2, 0.25) is 0 Å². The van der Waals surface area contributed by atoms with Crippen LogP contribution in [0, 0.1) is 0 Å². The predicted octanol–water partition coefficient (Wildman–Crippen LogP) is 2.28. The largest absolute Gasteiger partial charge is 0.389 e. The monoisotopic (exact) mass is 237 g/mol. The van der Waals surface area contributed by atoms with Gasteiger partial charge in [-0.05, 0) is 19.8 Å². The van der Waals surface area contributed by atoms with E-state index in [2.05, 4.69) is 20.0 Å². The van der Waals surface area contributed by atoms with E-state index in [0.29, 0.717) is 18.8 Å². The molecular weight excluding hydrogens is 223 g/mol. The Labute approximate surface area is 91.2 Å². The van der Waals surface area contributed by atoms with Crippen LogP contribution in [-0.2, 0) is 6.54 Å². The number of halogens is 3. The fraction of sp³-hybridized carbons (Fsp3) is 0.778. The Morgan fingerprint density at radius 2 is 2.25 bits per heavy atom. The fourth-order valence-electron chi connectivity index (χ4n) is 1.25. The van der Waals surface area contributed by atoms with Crippen LogP contribution in [0.3, 0.4) is 0 Å². The van der Waals surface area contributed by atoms with Gasteiger partial charge in [0.25, 0.3) is 0 Å². The molecule has 4 nitrogen and oxygen atoms in total. The molecule has 1 aromatic heterocycles. The maximum atomic E-state index is 11.9. The molecule has 1 heterocycles. The van der Waals surface area contributed by atoms with Crippen molar-refractivity contribution < 1.29 is 17.7 Å². The maximum Gasteiger partial charge on any atom is 0.389 e. The molecule has 0 amide bonds. The van der Waals surface area contributed by atoms with Crippen molar-refractivity contribution in [2.75, 3.05) is 0 Å².